The van der Waals surface area contributed by atoms with Gasteiger partial charge in [0, 0.05) is 11.6 Å². The Morgan fingerprint density at radius 1 is 1.04 bits per heavy atom. The lowest BCUT2D eigenvalue weighted by Gasteiger charge is -2.14. The Morgan fingerprint density at radius 2 is 1.84 bits per heavy atom. The molecule has 3 aromatic rings. The second-order valence-electron chi connectivity index (χ2n) is 5.10. The molecule has 3 rings (SSSR count). The van der Waals surface area contributed by atoms with Crippen LogP contribution in [0, 0.1) is 0 Å². The molecule has 0 aliphatic heterocycles. The zero-order valence-corrected chi connectivity index (χ0v) is 14.0. The quantitative estimate of drug-likeness (QED) is 0.731. The van der Waals surface area contributed by atoms with Crippen molar-refractivity contribution >= 4 is 0 Å². The maximum absolute atomic E-state index is 10.3. The first kappa shape index (κ1) is 16.6. The highest BCUT2D eigenvalue weighted by molar-refractivity contribution is 5.73. The second-order valence-corrected chi connectivity index (χ2v) is 5.10. The molecule has 0 radical (unpaired) electrons. The van der Waals surface area contributed by atoms with Crippen LogP contribution in [0.25, 0.3) is 11.3 Å². The fraction of sp³-hybridized carbons (Fsp3) is 0.158. The number of phenolic OH excluding ortho intramolecular Hbond substituents is 1. The molecule has 0 fully saturated rings. The Hall–Kier alpha value is -3.28. The third-order valence-electron chi connectivity index (χ3n) is 3.51. The summed E-state index contributed by atoms with van der Waals surface area (Å²) >= 11 is 0. The molecule has 0 amide bonds. The monoisotopic (exact) mass is 338 g/mol. The molecule has 128 valence electrons. The van der Waals surface area contributed by atoms with E-state index in [2.05, 4.69) is 9.97 Å². The highest BCUT2D eigenvalue weighted by atomic mass is 16.5. The number of phenols is 1. The van der Waals surface area contributed by atoms with Gasteiger partial charge in [-0.1, -0.05) is 12.1 Å². The molecular formula is C19H18N2O4. The normalized spacial score (nSPS) is 10.3. The molecule has 0 atom stereocenters. The molecule has 0 aliphatic carbocycles. The van der Waals surface area contributed by atoms with Crippen LogP contribution in [0.4, 0.5) is 0 Å². The summed E-state index contributed by atoms with van der Waals surface area (Å²) in [6.07, 6.45) is 2.95. The zero-order valence-electron chi connectivity index (χ0n) is 14.0. The summed E-state index contributed by atoms with van der Waals surface area (Å²) in [6.45, 7) is 2.43. The van der Waals surface area contributed by atoms with Gasteiger partial charge in [0.15, 0.2) is 17.2 Å². The minimum absolute atomic E-state index is 0.0426. The first-order chi connectivity index (χ1) is 12.2. The van der Waals surface area contributed by atoms with Gasteiger partial charge < -0.3 is 19.3 Å². The van der Waals surface area contributed by atoms with Gasteiger partial charge >= 0.3 is 0 Å². The number of hydrogen-bond donors (Lipinski definition) is 1. The van der Waals surface area contributed by atoms with Crippen LogP contribution in [0.2, 0.25) is 0 Å². The molecule has 1 aromatic heterocycles. The Balaban J connectivity index is 2.00. The van der Waals surface area contributed by atoms with Gasteiger partial charge in [0.2, 0.25) is 0 Å². The van der Waals surface area contributed by atoms with Crippen LogP contribution in [-0.2, 0) is 0 Å². The maximum atomic E-state index is 10.3. The van der Waals surface area contributed by atoms with E-state index in [1.54, 1.807) is 31.5 Å². The third-order valence-corrected chi connectivity index (χ3v) is 3.51. The van der Waals surface area contributed by atoms with Crippen molar-refractivity contribution in [3.05, 3.63) is 55.0 Å². The molecule has 0 aliphatic rings. The van der Waals surface area contributed by atoms with E-state index in [4.69, 9.17) is 14.2 Å². The zero-order chi connectivity index (χ0) is 17.6. The van der Waals surface area contributed by atoms with E-state index < -0.39 is 0 Å². The smallest absolute Gasteiger partial charge is 0.172 e. The number of methoxy groups -OCH3 is 1. The van der Waals surface area contributed by atoms with E-state index in [0.29, 0.717) is 40.9 Å². The van der Waals surface area contributed by atoms with Crippen molar-refractivity contribution in [2.24, 2.45) is 0 Å². The fourth-order valence-electron chi connectivity index (χ4n) is 2.36. The van der Waals surface area contributed by atoms with E-state index in [1.807, 2.05) is 25.1 Å². The highest BCUT2D eigenvalue weighted by Gasteiger charge is 2.15. The molecule has 6 heteroatoms. The summed E-state index contributed by atoms with van der Waals surface area (Å²) in [5.74, 6) is 2.18. The molecule has 1 N–H and O–H groups in total. The predicted molar refractivity (Wildman–Crippen MR) is 93.4 cm³/mol. The average Bonchev–Trinajstić information content (AvgIpc) is 2.64. The number of benzene rings is 2. The highest BCUT2D eigenvalue weighted by Crippen LogP contribution is 2.39. The van der Waals surface area contributed by atoms with Gasteiger partial charge in [0.05, 0.1) is 19.9 Å². The van der Waals surface area contributed by atoms with Crippen LogP contribution in [-0.4, -0.2) is 28.8 Å². The van der Waals surface area contributed by atoms with Gasteiger partial charge in [-0.2, -0.15) is 0 Å². The second kappa shape index (κ2) is 7.53. The van der Waals surface area contributed by atoms with E-state index in [-0.39, 0.29) is 5.75 Å². The van der Waals surface area contributed by atoms with E-state index in [1.165, 1.54) is 12.4 Å². The fourth-order valence-corrected chi connectivity index (χ4v) is 2.36. The molecular weight excluding hydrogens is 320 g/mol. The van der Waals surface area contributed by atoms with Crippen LogP contribution in [0.5, 0.6) is 28.7 Å². The SMILES string of the molecule is CCOc1ccccc1Oc1cncnc1-c1ccc(OC)cc1O. The molecule has 0 saturated heterocycles. The minimum Gasteiger partial charge on any atom is -0.507 e. The van der Waals surface area contributed by atoms with Crippen molar-refractivity contribution in [2.45, 2.75) is 6.92 Å². The summed E-state index contributed by atoms with van der Waals surface area (Å²) in [4.78, 5) is 8.28. The maximum Gasteiger partial charge on any atom is 0.172 e. The lowest BCUT2D eigenvalue weighted by atomic mass is 10.1. The lowest BCUT2D eigenvalue weighted by Crippen LogP contribution is -1.97. The third kappa shape index (κ3) is 3.63. The van der Waals surface area contributed by atoms with Crippen molar-refractivity contribution in [3.8, 4) is 40.0 Å². The number of nitrogens with zero attached hydrogens (tertiary/aromatic N) is 2. The summed E-state index contributed by atoms with van der Waals surface area (Å²) in [7, 11) is 1.54. The number of ether oxygens (including phenoxy) is 3. The molecule has 0 saturated carbocycles. The lowest BCUT2D eigenvalue weighted by molar-refractivity contribution is 0.321. The van der Waals surface area contributed by atoms with Gasteiger partial charge in [-0.15, -0.1) is 0 Å². The first-order valence-corrected chi connectivity index (χ1v) is 7.80. The van der Waals surface area contributed by atoms with Crippen LogP contribution in [0.1, 0.15) is 6.92 Å². The molecule has 2 aromatic carbocycles. The minimum atomic E-state index is 0.0426. The number of para-hydroxylation sites is 2. The summed E-state index contributed by atoms with van der Waals surface area (Å²) in [6, 6.07) is 12.3. The molecule has 0 bridgehead atoms. The summed E-state index contributed by atoms with van der Waals surface area (Å²) < 4.78 is 16.7. The van der Waals surface area contributed by atoms with Gasteiger partial charge in [0.25, 0.3) is 0 Å². The number of aromatic nitrogens is 2. The Morgan fingerprint density at radius 3 is 2.56 bits per heavy atom. The summed E-state index contributed by atoms with van der Waals surface area (Å²) in [5, 5.41) is 10.3. The van der Waals surface area contributed by atoms with Gasteiger partial charge in [0.1, 0.15) is 23.5 Å². The standard InChI is InChI=1S/C19H18N2O4/c1-3-24-16-6-4-5-7-17(16)25-18-11-20-12-21-19(18)14-9-8-13(23-2)10-15(14)22/h4-12,22H,3H2,1-2H3. The topological polar surface area (TPSA) is 73.7 Å². The van der Waals surface area contributed by atoms with E-state index in [9.17, 15) is 5.11 Å². The van der Waals surface area contributed by atoms with Gasteiger partial charge in [-0.05, 0) is 31.2 Å². The van der Waals surface area contributed by atoms with Crippen molar-refractivity contribution in [2.75, 3.05) is 13.7 Å². The number of aromatic hydroxyl groups is 1. The first-order valence-electron chi connectivity index (χ1n) is 7.80. The Bertz CT molecular complexity index is 868. The van der Waals surface area contributed by atoms with Crippen LogP contribution < -0.4 is 14.2 Å². The number of rotatable bonds is 6. The molecule has 25 heavy (non-hydrogen) atoms. The largest absolute Gasteiger partial charge is 0.507 e. The predicted octanol–water partition coefficient (Wildman–Crippen LogP) is 4.05. The van der Waals surface area contributed by atoms with Crippen LogP contribution >= 0.6 is 0 Å². The van der Waals surface area contributed by atoms with E-state index >= 15 is 0 Å². The van der Waals surface area contributed by atoms with Crippen molar-refractivity contribution in [1.82, 2.24) is 9.97 Å². The van der Waals surface area contributed by atoms with Crippen molar-refractivity contribution in [3.63, 3.8) is 0 Å². The van der Waals surface area contributed by atoms with Crippen LogP contribution in [0.3, 0.4) is 0 Å². The van der Waals surface area contributed by atoms with Gasteiger partial charge in [-0.3, -0.25) is 0 Å². The summed E-state index contributed by atoms with van der Waals surface area (Å²) in [5.41, 5.74) is 0.994. The van der Waals surface area contributed by atoms with Crippen molar-refractivity contribution in [1.29, 1.82) is 0 Å². The molecule has 1 heterocycles. The van der Waals surface area contributed by atoms with Gasteiger partial charge in [-0.25, -0.2) is 9.97 Å². The molecule has 0 spiro atoms. The van der Waals surface area contributed by atoms with Crippen LogP contribution in [0.15, 0.2) is 55.0 Å². The van der Waals surface area contributed by atoms with E-state index in [0.717, 1.165) is 0 Å². The Labute approximate surface area is 145 Å². The Kier molecular flexibility index (Phi) is 4.99. The van der Waals surface area contributed by atoms with Crippen molar-refractivity contribution < 1.29 is 19.3 Å². The average molecular weight is 338 g/mol. The number of hydrogen-bond acceptors (Lipinski definition) is 6. The molecule has 6 nitrogen and oxygen atoms in total. The molecule has 0 unspecified atom stereocenters.